The lowest BCUT2D eigenvalue weighted by molar-refractivity contribution is 0.0976. The van der Waals surface area contributed by atoms with Crippen LogP contribution >= 0.6 is 0 Å². The number of pyridine rings is 1. The molecule has 0 unspecified atom stereocenters. The monoisotopic (exact) mass is 454 g/mol. The van der Waals surface area contributed by atoms with Crippen LogP contribution in [0, 0.1) is 11.6 Å². The molecule has 10 heteroatoms. The fourth-order valence-electron chi connectivity index (χ4n) is 3.38. The summed E-state index contributed by atoms with van der Waals surface area (Å²) >= 11 is 0. The number of aromatic nitrogens is 1. The molecule has 0 fully saturated rings. The third-order valence-corrected chi connectivity index (χ3v) is 4.96. The summed E-state index contributed by atoms with van der Waals surface area (Å²) in [5.74, 6) is -3.71. The Morgan fingerprint density at radius 3 is 2.70 bits per heavy atom. The van der Waals surface area contributed by atoms with Crippen LogP contribution in [0.2, 0.25) is 0 Å². The molecule has 3 N–H and O–H groups in total. The number of halogens is 2. The number of primary amides is 1. The lowest BCUT2D eigenvalue weighted by Gasteiger charge is -2.14. The number of amides is 2. The number of hydrogen-bond donors (Lipinski definition) is 2. The predicted octanol–water partition coefficient (Wildman–Crippen LogP) is 3.72. The third-order valence-electron chi connectivity index (χ3n) is 4.96. The molecule has 0 aliphatic heterocycles. The largest absolute Gasteiger partial charge is 0.455 e. The van der Waals surface area contributed by atoms with Crippen molar-refractivity contribution in [2.75, 3.05) is 18.9 Å². The van der Waals surface area contributed by atoms with Gasteiger partial charge in [0.25, 0.3) is 11.8 Å². The first-order chi connectivity index (χ1) is 15.8. The zero-order chi connectivity index (χ0) is 23.5. The van der Waals surface area contributed by atoms with Gasteiger partial charge in [0.05, 0.1) is 11.9 Å². The first-order valence-corrected chi connectivity index (χ1v) is 10.0. The molecule has 3 aromatic heterocycles. The smallest absolute Gasteiger partial charge is 0.291 e. The Labute approximate surface area is 187 Å². The number of anilines is 1. The fourth-order valence-corrected chi connectivity index (χ4v) is 3.38. The summed E-state index contributed by atoms with van der Waals surface area (Å²) in [7, 11) is 1.91. The summed E-state index contributed by atoms with van der Waals surface area (Å²) in [5.41, 5.74) is 5.62. The van der Waals surface area contributed by atoms with E-state index in [1.54, 1.807) is 12.3 Å². The minimum absolute atomic E-state index is 0.0511. The van der Waals surface area contributed by atoms with Crippen molar-refractivity contribution in [1.82, 2.24) is 9.88 Å². The molecule has 0 radical (unpaired) electrons. The van der Waals surface area contributed by atoms with E-state index in [9.17, 15) is 18.4 Å². The highest BCUT2D eigenvalue weighted by Crippen LogP contribution is 2.33. The third kappa shape index (κ3) is 4.90. The van der Waals surface area contributed by atoms with Crippen molar-refractivity contribution in [3.63, 3.8) is 0 Å². The molecule has 4 aromatic rings. The maximum Gasteiger partial charge on any atom is 0.291 e. The molecular formula is C23H20F2N4O4. The summed E-state index contributed by atoms with van der Waals surface area (Å²) in [6, 6.07) is 10.4. The lowest BCUT2D eigenvalue weighted by atomic mass is 10.2. The van der Waals surface area contributed by atoms with E-state index in [1.165, 1.54) is 6.07 Å². The van der Waals surface area contributed by atoms with E-state index in [2.05, 4.69) is 10.3 Å². The van der Waals surface area contributed by atoms with Crippen LogP contribution in [-0.4, -0.2) is 35.3 Å². The number of nitrogens with one attached hydrogen (secondary N) is 1. The molecule has 0 spiro atoms. The van der Waals surface area contributed by atoms with Crippen molar-refractivity contribution in [2.24, 2.45) is 5.73 Å². The van der Waals surface area contributed by atoms with E-state index in [4.69, 9.17) is 14.6 Å². The molecular weight excluding hydrogens is 434 g/mol. The number of nitrogens with two attached hydrogens (primary N) is 1. The van der Waals surface area contributed by atoms with Gasteiger partial charge in [-0.05, 0) is 37.4 Å². The Balaban J connectivity index is 1.47. The fraction of sp³-hybridized carbons (Fsp3) is 0.174. The molecule has 0 saturated carbocycles. The Bertz CT molecular complexity index is 1320. The quantitative estimate of drug-likeness (QED) is 0.419. The Morgan fingerprint density at radius 2 is 1.97 bits per heavy atom. The second-order valence-corrected chi connectivity index (χ2v) is 7.46. The van der Waals surface area contributed by atoms with Gasteiger partial charge in [0.2, 0.25) is 5.76 Å². The number of rotatable bonds is 8. The van der Waals surface area contributed by atoms with Crippen molar-refractivity contribution in [1.29, 1.82) is 0 Å². The van der Waals surface area contributed by atoms with Crippen LogP contribution in [0.3, 0.4) is 0 Å². The number of carbonyl (C=O) groups is 2. The molecule has 3 heterocycles. The van der Waals surface area contributed by atoms with Crippen molar-refractivity contribution < 1.29 is 27.2 Å². The maximum atomic E-state index is 14.0. The van der Waals surface area contributed by atoms with Gasteiger partial charge in [-0.3, -0.25) is 19.5 Å². The van der Waals surface area contributed by atoms with Crippen LogP contribution in [0.5, 0.6) is 0 Å². The van der Waals surface area contributed by atoms with Gasteiger partial charge in [0, 0.05) is 30.9 Å². The summed E-state index contributed by atoms with van der Waals surface area (Å²) in [4.78, 5) is 30.7. The van der Waals surface area contributed by atoms with Crippen molar-refractivity contribution in [2.45, 2.75) is 13.0 Å². The van der Waals surface area contributed by atoms with E-state index in [0.29, 0.717) is 18.4 Å². The standard InChI is InChI=1S/C23H20F2N4O4/c1-29(9-7-14-4-2-3-8-27-14)12-15-5-6-18(32-15)23(31)28-19-16-10-13(24)11-17(25)20(16)33-21(19)22(26)30/h2-6,8,10-11H,7,9,12H2,1H3,(H2,26,30)(H,28,31). The van der Waals surface area contributed by atoms with Gasteiger partial charge >= 0.3 is 0 Å². The zero-order valence-electron chi connectivity index (χ0n) is 17.6. The van der Waals surface area contributed by atoms with E-state index in [0.717, 1.165) is 24.7 Å². The number of carbonyl (C=O) groups excluding carboxylic acids is 2. The molecule has 0 saturated heterocycles. The van der Waals surface area contributed by atoms with Gasteiger partial charge in [-0.15, -0.1) is 0 Å². The highest BCUT2D eigenvalue weighted by Gasteiger charge is 2.24. The van der Waals surface area contributed by atoms with Gasteiger partial charge in [-0.1, -0.05) is 6.07 Å². The molecule has 0 atom stereocenters. The number of nitrogens with zero attached hydrogens (tertiary/aromatic N) is 2. The number of benzene rings is 1. The first-order valence-electron chi connectivity index (χ1n) is 10.0. The van der Waals surface area contributed by atoms with Crippen LogP contribution in [-0.2, 0) is 13.0 Å². The number of furan rings is 2. The molecule has 1 aromatic carbocycles. The van der Waals surface area contributed by atoms with Gasteiger partial charge in [-0.2, -0.15) is 0 Å². The van der Waals surface area contributed by atoms with Crippen LogP contribution in [0.4, 0.5) is 14.5 Å². The van der Waals surface area contributed by atoms with E-state index in [1.807, 2.05) is 30.1 Å². The average Bonchev–Trinajstić information content (AvgIpc) is 3.38. The second kappa shape index (κ2) is 9.21. The van der Waals surface area contributed by atoms with Crippen molar-refractivity contribution in [3.05, 3.63) is 83.3 Å². The zero-order valence-corrected chi connectivity index (χ0v) is 17.6. The lowest BCUT2D eigenvalue weighted by Crippen LogP contribution is -2.20. The molecule has 33 heavy (non-hydrogen) atoms. The molecule has 0 bridgehead atoms. The van der Waals surface area contributed by atoms with E-state index in [-0.39, 0.29) is 16.8 Å². The Hall–Kier alpha value is -4.05. The second-order valence-electron chi connectivity index (χ2n) is 7.46. The predicted molar refractivity (Wildman–Crippen MR) is 116 cm³/mol. The van der Waals surface area contributed by atoms with Crippen LogP contribution in [0.15, 0.2) is 57.5 Å². The average molecular weight is 454 g/mol. The Kier molecular flexibility index (Phi) is 6.18. The summed E-state index contributed by atoms with van der Waals surface area (Å²) in [5, 5.41) is 2.29. The highest BCUT2D eigenvalue weighted by atomic mass is 19.1. The topological polar surface area (TPSA) is 115 Å². The van der Waals surface area contributed by atoms with Crippen molar-refractivity contribution in [3.8, 4) is 0 Å². The summed E-state index contributed by atoms with van der Waals surface area (Å²) < 4.78 is 38.5. The van der Waals surface area contributed by atoms with E-state index >= 15 is 0 Å². The van der Waals surface area contributed by atoms with Crippen LogP contribution in [0.1, 0.15) is 32.6 Å². The number of hydrogen-bond acceptors (Lipinski definition) is 6. The van der Waals surface area contributed by atoms with Gasteiger partial charge in [-0.25, -0.2) is 8.78 Å². The summed E-state index contributed by atoms with van der Waals surface area (Å²) in [6.45, 7) is 1.16. The summed E-state index contributed by atoms with van der Waals surface area (Å²) in [6.07, 6.45) is 2.49. The molecule has 0 aliphatic carbocycles. The number of fused-ring (bicyclic) bond motifs is 1. The van der Waals surface area contributed by atoms with E-state index < -0.39 is 34.8 Å². The van der Waals surface area contributed by atoms with Crippen LogP contribution < -0.4 is 11.1 Å². The minimum atomic E-state index is -1.05. The van der Waals surface area contributed by atoms with Crippen LogP contribution in [0.25, 0.3) is 11.0 Å². The Morgan fingerprint density at radius 1 is 1.15 bits per heavy atom. The van der Waals surface area contributed by atoms with Gasteiger partial charge in [0.1, 0.15) is 17.3 Å². The first kappa shape index (κ1) is 22.2. The number of likely N-dealkylation sites (N-methyl/N-ethyl adjacent to an activating group) is 1. The highest BCUT2D eigenvalue weighted by molar-refractivity contribution is 6.13. The van der Waals surface area contributed by atoms with Gasteiger partial charge in [0.15, 0.2) is 17.2 Å². The SMILES string of the molecule is CN(CCc1ccccn1)Cc1ccc(C(=O)Nc2c(C(N)=O)oc3c(F)cc(F)cc23)o1. The molecule has 170 valence electrons. The van der Waals surface area contributed by atoms with Gasteiger partial charge < -0.3 is 19.9 Å². The normalized spacial score (nSPS) is 11.3. The molecule has 8 nitrogen and oxygen atoms in total. The van der Waals surface area contributed by atoms with Crippen molar-refractivity contribution >= 4 is 28.5 Å². The molecule has 4 rings (SSSR count). The molecule has 2 amide bonds. The maximum absolute atomic E-state index is 14.0. The molecule has 0 aliphatic rings. The minimum Gasteiger partial charge on any atom is -0.455 e.